The molecule has 0 aliphatic rings. The van der Waals surface area contributed by atoms with E-state index < -0.39 is 17.0 Å². The van der Waals surface area contributed by atoms with Crippen LogP contribution in [0.2, 0.25) is 5.15 Å². The third-order valence-corrected chi connectivity index (χ3v) is 2.64. The fraction of sp³-hybridized carbons (Fsp3) is 0.429. The molecule has 1 unspecified atom stereocenters. The maximum atomic E-state index is 11.4. The van der Waals surface area contributed by atoms with Gasteiger partial charge in [-0.3, -0.25) is 8.89 Å². The molecule has 84 valence electrons. The van der Waals surface area contributed by atoms with Crippen molar-refractivity contribution in [2.24, 2.45) is 7.05 Å². The largest absolute Gasteiger partial charge is 1.00 e. The zero-order valence-corrected chi connectivity index (χ0v) is 10.6. The molecule has 0 aliphatic heterocycles. The first-order valence-electron chi connectivity index (χ1n) is 3.97. The number of aryl methyl sites for hydroxylation is 1. The van der Waals surface area contributed by atoms with Crippen LogP contribution >= 0.6 is 11.6 Å². The van der Waals surface area contributed by atoms with Crippen LogP contribution in [0.1, 0.15) is 17.3 Å². The molecule has 0 bridgehead atoms. The number of aromatic nitrogens is 2. The van der Waals surface area contributed by atoms with Crippen molar-refractivity contribution in [1.82, 2.24) is 9.78 Å². The fourth-order valence-electron chi connectivity index (χ4n) is 1.04. The SMILES string of the molecule is CCOC(=O)c1c(Cl)nn(C)c1S(=O)[O-].[Li+]. The van der Waals surface area contributed by atoms with Gasteiger partial charge in [0, 0.05) is 7.05 Å². The summed E-state index contributed by atoms with van der Waals surface area (Å²) >= 11 is 3.03. The van der Waals surface area contributed by atoms with Crippen LogP contribution in [-0.2, 0) is 22.9 Å². The smallest absolute Gasteiger partial charge is 0.767 e. The van der Waals surface area contributed by atoms with E-state index in [1.165, 1.54) is 7.05 Å². The average molecular weight is 259 g/mol. The quantitative estimate of drug-likeness (QED) is 0.340. The summed E-state index contributed by atoms with van der Waals surface area (Å²) in [4.78, 5) is 11.4. The summed E-state index contributed by atoms with van der Waals surface area (Å²) in [7, 11) is 1.37. The van der Waals surface area contributed by atoms with Crippen molar-refractivity contribution in [3.63, 3.8) is 0 Å². The van der Waals surface area contributed by atoms with E-state index in [1.54, 1.807) is 6.92 Å². The summed E-state index contributed by atoms with van der Waals surface area (Å²) in [6, 6.07) is 0. The standard InChI is InChI=1S/C7H9ClN2O4S.Li/c1-3-14-7(11)4-5(8)9-10(2)6(4)15(12)13;/h3H2,1-2H3,(H,12,13);/q;+1/p-1. The van der Waals surface area contributed by atoms with Crippen molar-refractivity contribution in [2.45, 2.75) is 11.9 Å². The van der Waals surface area contributed by atoms with Gasteiger partial charge in [-0.2, -0.15) is 5.10 Å². The molecule has 0 aromatic carbocycles. The van der Waals surface area contributed by atoms with E-state index in [9.17, 15) is 13.6 Å². The predicted octanol–water partition coefficient (Wildman–Crippen LogP) is -2.51. The second-order valence-electron chi connectivity index (χ2n) is 2.55. The number of esters is 1. The Labute approximate surface area is 112 Å². The zero-order chi connectivity index (χ0) is 11.6. The van der Waals surface area contributed by atoms with E-state index in [1.807, 2.05) is 0 Å². The van der Waals surface area contributed by atoms with Crippen LogP contribution in [0, 0.1) is 0 Å². The van der Waals surface area contributed by atoms with Crippen LogP contribution in [-0.4, -0.2) is 31.1 Å². The minimum atomic E-state index is -2.59. The number of rotatable bonds is 3. The van der Waals surface area contributed by atoms with Crippen molar-refractivity contribution < 1.29 is 37.2 Å². The van der Waals surface area contributed by atoms with Gasteiger partial charge in [0.2, 0.25) is 0 Å². The molecule has 1 aromatic rings. The normalized spacial score (nSPS) is 11.8. The summed E-state index contributed by atoms with van der Waals surface area (Å²) in [5, 5.41) is 3.16. The summed E-state index contributed by atoms with van der Waals surface area (Å²) in [6.07, 6.45) is 0. The molecule has 9 heteroatoms. The van der Waals surface area contributed by atoms with Crippen molar-refractivity contribution >= 4 is 28.7 Å². The van der Waals surface area contributed by atoms with E-state index in [4.69, 9.17) is 11.6 Å². The van der Waals surface area contributed by atoms with Crippen LogP contribution in [0.5, 0.6) is 0 Å². The number of hydrogen-bond acceptors (Lipinski definition) is 5. The summed E-state index contributed by atoms with van der Waals surface area (Å²) in [6.45, 7) is 1.74. The first-order valence-corrected chi connectivity index (χ1v) is 5.43. The minimum absolute atomic E-state index is 0. The fourth-order valence-corrected chi connectivity index (χ4v) is 1.98. The molecular weight excluding hydrogens is 251 g/mol. The van der Waals surface area contributed by atoms with Gasteiger partial charge in [0.25, 0.3) is 0 Å². The molecular formula is C7H8ClLiN2O4S. The first kappa shape index (κ1) is 15.7. The van der Waals surface area contributed by atoms with E-state index in [0.717, 1.165) is 4.68 Å². The third kappa shape index (κ3) is 3.09. The molecule has 0 amide bonds. The van der Waals surface area contributed by atoms with Gasteiger partial charge in [0.05, 0.1) is 6.61 Å². The predicted molar refractivity (Wildman–Crippen MR) is 51.4 cm³/mol. The second kappa shape index (κ2) is 6.42. The minimum Gasteiger partial charge on any atom is -0.767 e. The van der Waals surface area contributed by atoms with Crippen LogP contribution < -0.4 is 18.9 Å². The second-order valence-corrected chi connectivity index (χ2v) is 3.76. The molecule has 0 radical (unpaired) electrons. The molecule has 1 atom stereocenters. The average Bonchev–Trinajstić information content (AvgIpc) is 2.41. The Morgan fingerprint density at radius 1 is 1.69 bits per heavy atom. The Morgan fingerprint density at radius 3 is 2.69 bits per heavy atom. The first-order chi connectivity index (χ1) is 6.99. The number of halogens is 1. The Bertz CT molecular complexity index is 423. The van der Waals surface area contributed by atoms with Crippen molar-refractivity contribution in [3.05, 3.63) is 10.7 Å². The van der Waals surface area contributed by atoms with Crippen LogP contribution in [0.3, 0.4) is 0 Å². The summed E-state index contributed by atoms with van der Waals surface area (Å²) in [5.41, 5.74) is -0.227. The maximum absolute atomic E-state index is 11.4. The number of carbonyl (C=O) groups excluding carboxylic acids is 1. The molecule has 16 heavy (non-hydrogen) atoms. The summed E-state index contributed by atoms with van der Waals surface area (Å²) < 4.78 is 27.3. The number of ether oxygens (including phenoxy) is 1. The van der Waals surface area contributed by atoms with Gasteiger partial charge in [-0.25, -0.2) is 4.79 Å². The monoisotopic (exact) mass is 258 g/mol. The maximum Gasteiger partial charge on any atom is 1.00 e. The Morgan fingerprint density at radius 2 is 2.25 bits per heavy atom. The van der Waals surface area contributed by atoms with Gasteiger partial charge in [-0.1, -0.05) is 11.6 Å². The zero-order valence-electron chi connectivity index (χ0n) is 9.02. The van der Waals surface area contributed by atoms with Gasteiger partial charge in [0.1, 0.15) is 10.6 Å². The number of carbonyl (C=O) groups is 1. The molecule has 6 nitrogen and oxygen atoms in total. The molecule has 0 aliphatic carbocycles. The van der Waals surface area contributed by atoms with E-state index in [0.29, 0.717) is 0 Å². The van der Waals surface area contributed by atoms with Crippen molar-refractivity contribution in [1.29, 1.82) is 0 Å². The molecule has 0 saturated heterocycles. The van der Waals surface area contributed by atoms with Gasteiger partial charge in [-0.05, 0) is 18.0 Å². The summed E-state index contributed by atoms with van der Waals surface area (Å²) in [5.74, 6) is -0.796. The van der Waals surface area contributed by atoms with Crippen molar-refractivity contribution in [2.75, 3.05) is 6.61 Å². The van der Waals surface area contributed by atoms with Gasteiger partial charge in [0.15, 0.2) is 5.15 Å². The molecule has 0 saturated carbocycles. The topological polar surface area (TPSA) is 84.2 Å². The Kier molecular flexibility index (Phi) is 6.29. The van der Waals surface area contributed by atoms with Crippen LogP contribution in [0.15, 0.2) is 5.03 Å². The molecule has 1 rings (SSSR count). The molecule has 0 spiro atoms. The van der Waals surface area contributed by atoms with E-state index in [-0.39, 0.29) is 41.2 Å². The molecule has 1 heterocycles. The third-order valence-electron chi connectivity index (χ3n) is 1.59. The van der Waals surface area contributed by atoms with Gasteiger partial charge < -0.3 is 9.29 Å². The molecule has 1 aromatic heterocycles. The van der Waals surface area contributed by atoms with Crippen molar-refractivity contribution in [3.8, 4) is 0 Å². The Hall–Kier alpha value is -0.323. The molecule has 0 N–H and O–H groups in total. The van der Waals surface area contributed by atoms with Crippen LogP contribution in [0.4, 0.5) is 0 Å². The molecule has 0 fully saturated rings. The van der Waals surface area contributed by atoms with Gasteiger partial charge >= 0.3 is 24.8 Å². The van der Waals surface area contributed by atoms with Crippen LogP contribution in [0.25, 0.3) is 0 Å². The van der Waals surface area contributed by atoms with E-state index >= 15 is 0 Å². The Balaban J connectivity index is 0.00000225. The van der Waals surface area contributed by atoms with Gasteiger partial charge in [-0.15, -0.1) is 0 Å². The van der Waals surface area contributed by atoms with E-state index in [2.05, 4.69) is 9.84 Å². The number of hydrogen-bond donors (Lipinski definition) is 0. The number of nitrogens with zero attached hydrogens (tertiary/aromatic N) is 2.